The minimum Gasteiger partial charge on any atom is -0.324 e. The summed E-state index contributed by atoms with van der Waals surface area (Å²) in [6.45, 7) is 0. The maximum absolute atomic E-state index is 13.0. The highest BCUT2D eigenvalue weighted by Gasteiger charge is 2.23. The van der Waals surface area contributed by atoms with Gasteiger partial charge in [-0.15, -0.1) is 12.4 Å². The van der Waals surface area contributed by atoms with Gasteiger partial charge < -0.3 is 5.73 Å². The van der Waals surface area contributed by atoms with Crippen molar-refractivity contribution in [2.75, 3.05) is 0 Å². The van der Waals surface area contributed by atoms with E-state index in [9.17, 15) is 4.39 Å². The SMILES string of the molecule is Cl.N[C@@H](c1ccc(F)cc1Br)C1CCCCC1. The molecular weight excluding hydrogens is 305 g/mol. The van der Waals surface area contributed by atoms with Crippen LogP contribution < -0.4 is 5.73 Å². The zero-order valence-electron chi connectivity index (χ0n) is 9.66. The molecule has 2 N–H and O–H groups in total. The Labute approximate surface area is 117 Å². The van der Waals surface area contributed by atoms with Crippen molar-refractivity contribution in [1.82, 2.24) is 0 Å². The van der Waals surface area contributed by atoms with Crippen LogP contribution in [0.3, 0.4) is 0 Å². The highest BCUT2D eigenvalue weighted by atomic mass is 79.9. The summed E-state index contributed by atoms with van der Waals surface area (Å²) < 4.78 is 13.8. The molecule has 1 aliphatic rings. The van der Waals surface area contributed by atoms with Gasteiger partial charge in [0.25, 0.3) is 0 Å². The van der Waals surface area contributed by atoms with Crippen molar-refractivity contribution in [3.8, 4) is 0 Å². The van der Waals surface area contributed by atoms with Crippen molar-refractivity contribution in [2.24, 2.45) is 11.7 Å². The smallest absolute Gasteiger partial charge is 0.124 e. The summed E-state index contributed by atoms with van der Waals surface area (Å²) in [6.07, 6.45) is 6.28. The van der Waals surface area contributed by atoms with Gasteiger partial charge in [0.05, 0.1) is 0 Å². The van der Waals surface area contributed by atoms with Gasteiger partial charge in [-0.3, -0.25) is 0 Å². The first-order valence-corrected chi connectivity index (χ1v) is 6.68. The van der Waals surface area contributed by atoms with Crippen LogP contribution in [0.1, 0.15) is 43.7 Å². The van der Waals surface area contributed by atoms with Crippen LogP contribution in [0, 0.1) is 11.7 Å². The topological polar surface area (TPSA) is 26.0 Å². The highest BCUT2D eigenvalue weighted by molar-refractivity contribution is 9.10. The third kappa shape index (κ3) is 3.67. The predicted octanol–water partition coefficient (Wildman–Crippen LogP) is 4.59. The van der Waals surface area contributed by atoms with E-state index in [1.54, 1.807) is 6.07 Å². The van der Waals surface area contributed by atoms with Gasteiger partial charge >= 0.3 is 0 Å². The molecule has 0 aromatic heterocycles. The summed E-state index contributed by atoms with van der Waals surface area (Å²) in [6, 6.07) is 4.83. The zero-order chi connectivity index (χ0) is 11.5. The molecule has 1 aliphatic carbocycles. The minimum absolute atomic E-state index is 0. The van der Waals surface area contributed by atoms with Gasteiger partial charge in [0.1, 0.15) is 5.82 Å². The van der Waals surface area contributed by atoms with Crippen LogP contribution in [0.5, 0.6) is 0 Å². The molecule has 0 radical (unpaired) electrons. The second-order valence-electron chi connectivity index (χ2n) is 4.59. The quantitative estimate of drug-likeness (QED) is 0.846. The van der Waals surface area contributed by atoms with E-state index >= 15 is 0 Å². The molecule has 1 saturated carbocycles. The fourth-order valence-corrected chi connectivity index (χ4v) is 3.13. The van der Waals surface area contributed by atoms with Crippen molar-refractivity contribution in [1.29, 1.82) is 0 Å². The van der Waals surface area contributed by atoms with Crippen molar-refractivity contribution in [3.63, 3.8) is 0 Å². The largest absolute Gasteiger partial charge is 0.324 e. The summed E-state index contributed by atoms with van der Waals surface area (Å²) in [4.78, 5) is 0. The van der Waals surface area contributed by atoms with E-state index in [0.717, 1.165) is 10.0 Å². The summed E-state index contributed by atoms with van der Waals surface area (Å²) in [5.74, 6) is 0.335. The Balaban J connectivity index is 0.00000144. The highest BCUT2D eigenvalue weighted by Crippen LogP contribution is 2.35. The molecule has 96 valence electrons. The van der Waals surface area contributed by atoms with Gasteiger partial charge in [-0.25, -0.2) is 4.39 Å². The minimum atomic E-state index is -0.216. The van der Waals surface area contributed by atoms with Crippen molar-refractivity contribution in [3.05, 3.63) is 34.1 Å². The van der Waals surface area contributed by atoms with Gasteiger partial charge in [-0.2, -0.15) is 0 Å². The Morgan fingerprint density at radius 1 is 1.24 bits per heavy atom. The van der Waals surface area contributed by atoms with Crippen LogP contribution in [0.25, 0.3) is 0 Å². The second kappa shape index (κ2) is 6.72. The lowest BCUT2D eigenvalue weighted by Gasteiger charge is -2.28. The number of halogens is 3. The Morgan fingerprint density at radius 3 is 2.47 bits per heavy atom. The summed E-state index contributed by atoms with van der Waals surface area (Å²) in [5, 5.41) is 0. The van der Waals surface area contributed by atoms with Crippen molar-refractivity contribution in [2.45, 2.75) is 38.1 Å². The molecule has 1 atom stereocenters. The lowest BCUT2D eigenvalue weighted by Crippen LogP contribution is -2.23. The molecule has 1 nitrogen and oxygen atoms in total. The molecule has 0 bridgehead atoms. The standard InChI is InChI=1S/C13H17BrFN.ClH/c14-12-8-10(15)6-7-11(12)13(16)9-4-2-1-3-5-9;/h6-9,13H,1-5,16H2;1H/t13-;/m1./s1. The van der Waals surface area contributed by atoms with E-state index in [4.69, 9.17) is 5.73 Å². The van der Waals surface area contributed by atoms with E-state index in [-0.39, 0.29) is 24.3 Å². The second-order valence-corrected chi connectivity index (χ2v) is 5.44. The molecule has 0 amide bonds. The Kier molecular flexibility index (Phi) is 5.90. The Morgan fingerprint density at radius 2 is 1.88 bits per heavy atom. The number of hydrogen-bond donors (Lipinski definition) is 1. The van der Waals surface area contributed by atoms with Crippen LogP contribution in [0.2, 0.25) is 0 Å². The summed E-state index contributed by atoms with van der Waals surface area (Å²) in [5.41, 5.74) is 7.30. The van der Waals surface area contributed by atoms with E-state index < -0.39 is 0 Å². The molecule has 0 aliphatic heterocycles. The average Bonchev–Trinajstić information content (AvgIpc) is 2.29. The molecule has 0 unspecified atom stereocenters. The van der Waals surface area contributed by atoms with Crippen LogP contribution in [0.4, 0.5) is 4.39 Å². The molecule has 2 rings (SSSR count). The first-order valence-electron chi connectivity index (χ1n) is 5.89. The van der Waals surface area contributed by atoms with Crippen molar-refractivity contribution >= 4 is 28.3 Å². The van der Waals surface area contributed by atoms with E-state index in [1.165, 1.54) is 44.2 Å². The van der Waals surface area contributed by atoms with Crippen molar-refractivity contribution < 1.29 is 4.39 Å². The molecule has 1 fully saturated rings. The number of hydrogen-bond acceptors (Lipinski definition) is 1. The predicted molar refractivity (Wildman–Crippen MR) is 74.9 cm³/mol. The molecule has 0 saturated heterocycles. The maximum Gasteiger partial charge on any atom is 0.124 e. The number of benzene rings is 1. The Hall–Kier alpha value is -0.120. The third-order valence-electron chi connectivity index (χ3n) is 3.48. The number of nitrogens with two attached hydrogens (primary N) is 1. The van der Waals surface area contributed by atoms with Crippen LogP contribution >= 0.6 is 28.3 Å². The summed E-state index contributed by atoms with van der Waals surface area (Å²) in [7, 11) is 0. The number of rotatable bonds is 2. The molecule has 17 heavy (non-hydrogen) atoms. The molecule has 0 heterocycles. The van der Waals surface area contributed by atoms with Crippen LogP contribution in [0.15, 0.2) is 22.7 Å². The molecular formula is C13H18BrClFN. The first-order chi connectivity index (χ1) is 7.68. The fourth-order valence-electron chi connectivity index (χ4n) is 2.52. The first kappa shape index (κ1) is 14.9. The van der Waals surface area contributed by atoms with Gasteiger partial charge in [-0.05, 0) is 36.5 Å². The lowest BCUT2D eigenvalue weighted by molar-refractivity contribution is 0.307. The Bertz CT molecular complexity index is 366. The monoisotopic (exact) mass is 321 g/mol. The van der Waals surface area contributed by atoms with Crippen LogP contribution in [-0.4, -0.2) is 0 Å². The van der Waals surface area contributed by atoms with Gasteiger partial charge in [0.2, 0.25) is 0 Å². The van der Waals surface area contributed by atoms with E-state index in [0.29, 0.717) is 5.92 Å². The van der Waals surface area contributed by atoms with Crippen LogP contribution in [-0.2, 0) is 0 Å². The molecule has 0 spiro atoms. The average molecular weight is 323 g/mol. The molecule has 1 aromatic carbocycles. The van der Waals surface area contributed by atoms with E-state index in [1.807, 2.05) is 0 Å². The zero-order valence-corrected chi connectivity index (χ0v) is 12.1. The van der Waals surface area contributed by atoms with Gasteiger partial charge in [-0.1, -0.05) is 41.3 Å². The van der Waals surface area contributed by atoms with E-state index in [2.05, 4.69) is 15.9 Å². The lowest BCUT2D eigenvalue weighted by atomic mass is 9.81. The summed E-state index contributed by atoms with van der Waals surface area (Å²) >= 11 is 3.39. The van der Waals surface area contributed by atoms with Gasteiger partial charge in [0.15, 0.2) is 0 Å². The molecule has 1 aromatic rings. The fraction of sp³-hybridized carbons (Fsp3) is 0.538. The maximum atomic E-state index is 13.0. The third-order valence-corrected chi connectivity index (χ3v) is 4.17. The van der Waals surface area contributed by atoms with Gasteiger partial charge in [0, 0.05) is 10.5 Å². The normalized spacial score (nSPS) is 18.5. The molecule has 4 heteroatoms.